The fourth-order valence-electron chi connectivity index (χ4n) is 2.92. The number of carbonyl (C=O) groups excluding carboxylic acids is 1. The molecule has 0 fully saturated rings. The summed E-state index contributed by atoms with van der Waals surface area (Å²) in [4.78, 5) is 17.5. The summed E-state index contributed by atoms with van der Waals surface area (Å²) in [6.45, 7) is 1.99. The largest absolute Gasteiger partial charge is 0.497 e. The van der Waals surface area contributed by atoms with Gasteiger partial charge in [0.15, 0.2) is 5.78 Å². The number of ketones is 1. The molecular formula is C23H18N2O3. The van der Waals surface area contributed by atoms with Crippen molar-refractivity contribution >= 4 is 5.78 Å². The summed E-state index contributed by atoms with van der Waals surface area (Å²) in [6, 6.07) is 22.1. The monoisotopic (exact) mass is 370 g/mol. The van der Waals surface area contributed by atoms with Crippen molar-refractivity contribution in [3.63, 3.8) is 0 Å². The molecule has 28 heavy (non-hydrogen) atoms. The third kappa shape index (κ3) is 3.42. The zero-order valence-electron chi connectivity index (χ0n) is 15.5. The van der Waals surface area contributed by atoms with Gasteiger partial charge >= 0.3 is 0 Å². The smallest absolute Gasteiger partial charge is 0.258 e. The van der Waals surface area contributed by atoms with Crippen LogP contribution in [0.3, 0.4) is 0 Å². The Bertz CT molecular complexity index is 1110. The molecule has 3 aromatic carbocycles. The van der Waals surface area contributed by atoms with E-state index in [1.807, 2.05) is 73.7 Å². The number of benzene rings is 3. The van der Waals surface area contributed by atoms with E-state index < -0.39 is 0 Å². The van der Waals surface area contributed by atoms with E-state index in [1.54, 1.807) is 13.2 Å². The third-order valence-corrected chi connectivity index (χ3v) is 4.49. The first kappa shape index (κ1) is 17.7. The average Bonchev–Trinajstić information content (AvgIpc) is 3.24. The first-order valence-electron chi connectivity index (χ1n) is 8.84. The summed E-state index contributed by atoms with van der Waals surface area (Å²) >= 11 is 0. The molecule has 5 heteroatoms. The normalized spacial score (nSPS) is 10.6. The van der Waals surface area contributed by atoms with Crippen molar-refractivity contribution in [2.75, 3.05) is 7.11 Å². The van der Waals surface area contributed by atoms with Crippen LogP contribution in [0.5, 0.6) is 5.75 Å². The number of ether oxygens (including phenoxy) is 1. The van der Waals surface area contributed by atoms with Crippen LogP contribution in [0.4, 0.5) is 0 Å². The van der Waals surface area contributed by atoms with E-state index in [4.69, 9.17) is 9.26 Å². The minimum atomic E-state index is -0.0835. The Hall–Kier alpha value is -3.73. The Morgan fingerprint density at radius 3 is 2.36 bits per heavy atom. The number of rotatable bonds is 5. The lowest BCUT2D eigenvalue weighted by Gasteiger charge is -2.05. The number of aryl methyl sites for hydroxylation is 1. The van der Waals surface area contributed by atoms with E-state index in [9.17, 15) is 4.79 Å². The molecule has 4 aromatic rings. The number of aromatic nitrogens is 2. The van der Waals surface area contributed by atoms with Crippen LogP contribution in [0.1, 0.15) is 21.5 Å². The van der Waals surface area contributed by atoms with Crippen LogP contribution in [0.25, 0.3) is 22.8 Å². The SMILES string of the molecule is COc1ccc(-c2noc(-c3ccccc3C(=O)c3ccc(C)cc3)n2)cc1. The van der Waals surface area contributed by atoms with E-state index in [0.29, 0.717) is 28.4 Å². The number of carbonyl (C=O) groups is 1. The topological polar surface area (TPSA) is 65.2 Å². The second-order valence-electron chi connectivity index (χ2n) is 6.39. The van der Waals surface area contributed by atoms with Crippen molar-refractivity contribution < 1.29 is 14.1 Å². The lowest BCUT2D eigenvalue weighted by atomic mass is 9.97. The van der Waals surface area contributed by atoms with Crippen LogP contribution in [-0.4, -0.2) is 23.0 Å². The highest BCUT2D eigenvalue weighted by Gasteiger charge is 2.19. The van der Waals surface area contributed by atoms with E-state index in [1.165, 1.54) is 0 Å². The molecule has 5 nitrogen and oxygen atoms in total. The molecule has 0 radical (unpaired) electrons. The van der Waals surface area contributed by atoms with E-state index in [2.05, 4.69) is 10.1 Å². The predicted octanol–water partition coefficient (Wildman–Crippen LogP) is 4.95. The molecule has 0 saturated carbocycles. The Labute approximate surface area is 162 Å². The molecule has 0 aliphatic rings. The fraction of sp³-hybridized carbons (Fsp3) is 0.0870. The van der Waals surface area contributed by atoms with Gasteiger partial charge in [-0.1, -0.05) is 53.2 Å². The minimum absolute atomic E-state index is 0.0835. The molecule has 138 valence electrons. The predicted molar refractivity (Wildman–Crippen MR) is 106 cm³/mol. The zero-order valence-corrected chi connectivity index (χ0v) is 15.5. The van der Waals surface area contributed by atoms with Gasteiger partial charge in [0.2, 0.25) is 5.82 Å². The number of nitrogens with zero attached hydrogens (tertiary/aromatic N) is 2. The molecule has 0 aliphatic heterocycles. The first-order valence-corrected chi connectivity index (χ1v) is 8.84. The van der Waals surface area contributed by atoms with Gasteiger partial charge in [-0.25, -0.2) is 0 Å². The summed E-state index contributed by atoms with van der Waals surface area (Å²) in [5, 5.41) is 4.06. The number of hydrogen-bond donors (Lipinski definition) is 0. The summed E-state index contributed by atoms with van der Waals surface area (Å²) < 4.78 is 10.6. The standard InChI is InChI=1S/C23H18N2O3/c1-15-7-9-16(10-8-15)21(26)19-5-3-4-6-20(19)23-24-22(25-28-23)17-11-13-18(27-2)14-12-17/h3-14H,1-2H3. The highest BCUT2D eigenvalue weighted by Crippen LogP contribution is 2.27. The molecule has 0 bridgehead atoms. The number of methoxy groups -OCH3 is 1. The Morgan fingerprint density at radius 2 is 1.64 bits per heavy atom. The summed E-state index contributed by atoms with van der Waals surface area (Å²) in [5.41, 5.74) is 3.66. The van der Waals surface area contributed by atoms with Crippen LogP contribution in [0.2, 0.25) is 0 Å². The van der Waals surface area contributed by atoms with Crippen molar-refractivity contribution in [1.29, 1.82) is 0 Å². The molecule has 0 unspecified atom stereocenters. The van der Waals surface area contributed by atoms with E-state index in [-0.39, 0.29) is 5.78 Å². The summed E-state index contributed by atoms with van der Waals surface area (Å²) in [7, 11) is 1.61. The molecule has 0 saturated heterocycles. The Balaban J connectivity index is 1.69. The maximum atomic E-state index is 13.0. The molecule has 0 amide bonds. The lowest BCUT2D eigenvalue weighted by molar-refractivity contribution is 0.103. The third-order valence-electron chi connectivity index (χ3n) is 4.49. The fourth-order valence-corrected chi connectivity index (χ4v) is 2.92. The molecule has 0 aliphatic carbocycles. The van der Waals surface area contributed by atoms with Crippen molar-refractivity contribution in [3.05, 3.63) is 89.5 Å². The van der Waals surface area contributed by atoms with Gasteiger partial charge < -0.3 is 9.26 Å². The van der Waals surface area contributed by atoms with Crippen LogP contribution in [-0.2, 0) is 0 Å². The van der Waals surface area contributed by atoms with Crippen LogP contribution in [0.15, 0.2) is 77.3 Å². The van der Waals surface area contributed by atoms with Gasteiger partial charge in [0, 0.05) is 16.7 Å². The van der Waals surface area contributed by atoms with Gasteiger partial charge in [-0.3, -0.25) is 4.79 Å². The van der Waals surface area contributed by atoms with Crippen LogP contribution >= 0.6 is 0 Å². The van der Waals surface area contributed by atoms with Crippen molar-refractivity contribution in [2.24, 2.45) is 0 Å². The maximum absolute atomic E-state index is 13.0. The maximum Gasteiger partial charge on any atom is 0.258 e. The lowest BCUT2D eigenvalue weighted by Crippen LogP contribution is -2.03. The molecule has 1 aromatic heterocycles. The van der Waals surface area contributed by atoms with E-state index in [0.717, 1.165) is 16.9 Å². The molecule has 0 atom stereocenters. The quantitative estimate of drug-likeness (QED) is 0.465. The highest BCUT2D eigenvalue weighted by molar-refractivity contribution is 6.12. The van der Waals surface area contributed by atoms with Gasteiger partial charge in [0.1, 0.15) is 5.75 Å². The highest BCUT2D eigenvalue weighted by atomic mass is 16.5. The Morgan fingerprint density at radius 1 is 0.929 bits per heavy atom. The molecule has 0 N–H and O–H groups in total. The number of hydrogen-bond acceptors (Lipinski definition) is 5. The van der Waals surface area contributed by atoms with E-state index >= 15 is 0 Å². The molecular weight excluding hydrogens is 352 g/mol. The molecule has 1 heterocycles. The first-order chi connectivity index (χ1) is 13.7. The second-order valence-corrected chi connectivity index (χ2v) is 6.39. The average molecular weight is 370 g/mol. The van der Waals surface area contributed by atoms with Gasteiger partial charge in [0.25, 0.3) is 5.89 Å². The molecule has 0 spiro atoms. The second kappa shape index (κ2) is 7.48. The Kier molecular flexibility index (Phi) is 4.72. The van der Waals surface area contributed by atoms with Gasteiger partial charge in [0.05, 0.1) is 12.7 Å². The molecule has 4 rings (SSSR count). The van der Waals surface area contributed by atoms with Gasteiger partial charge in [-0.05, 0) is 37.3 Å². The van der Waals surface area contributed by atoms with Crippen LogP contribution < -0.4 is 4.74 Å². The summed E-state index contributed by atoms with van der Waals surface area (Å²) in [6.07, 6.45) is 0. The zero-order chi connectivity index (χ0) is 19.5. The van der Waals surface area contributed by atoms with Crippen molar-refractivity contribution in [1.82, 2.24) is 10.1 Å². The summed E-state index contributed by atoms with van der Waals surface area (Å²) in [5.74, 6) is 1.43. The van der Waals surface area contributed by atoms with Gasteiger partial charge in [-0.15, -0.1) is 0 Å². The minimum Gasteiger partial charge on any atom is -0.497 e. The van der Waals surface area contributed by atoms with Crippen molar-refractivity contribution in [2.45, 2.75) is 6.92 Å². The van der Waals surface area contributed by atoms with Gasteiger partial charge in [-0.2, -0.15) is 4.98 Å². The van der Waals surface area contributed by atoms with Crippen LogP contribution in [0, 0.1) is 6.92 Å². The van der Waals surface area contributed by atoms with Crippen molar-refractivity contribution in [3.8, 4) is 28.6 Å².